The molecule has 0 N–H and O–H groups in total. The highest BCUT2D eigenvalue weighted by atomic mass is 16.6. The van der Waals surface area contributed by atoms with Crippen LogP contribution in [-0.4, -0.2) is 29.1 Å². The first-order valence-electron chi connectivity index (χ1n) is 7.09. The number of para-hydroxylation sites is 1. The molecule has 2 aromatic rings. The van der Waals surface area contributed by atoms with Gasteiger partial charge in [-0.3, -0.25) is 4.98 Å². The quantitative estimate of drug-likeness (QED) is 0.840. The summed E-state index contributed by atoms with van der Waals surface area (Å²) in [5.74, 6) is 0. The molecule has 4 heteroatoms. The molecular weight excluding hydrogens is 252 g/mol. The standard InChI is InChI=1S/C16H18N2O2/c19-16(18-10-2-1-3-11-18)20-12-14-7-4-6-13-8-5-9-17-15(13)14/h4-9H,1-3,10-12H2. The van der Waals surface area contributed by atoms with Crippen LogP contribution in [-0.2, 0) is 11.3 Å². The number of likely N-dealkylation sites (tertiary alicyclic amines) is 1. The number of pyridine rings is 1. The van der Waals surface area contributed by atoms with Crippen LogP contribution in [0.1, 0.15) is 24.8 Å². The lowest BCUT2D eigenvalue weighted by atomic mass is 10.1. The van der Waals surface area contributed by atoms with Crippen molar-refractivity contribution in [1.29, 1.82) is 0 Å². The van der Waals surface area contributed by atoms with Crippen LogP contribution in [0.2, 0.25) is 0 Å². The Morgan fingerprint density at radius 1 is 1.15 bits per heavy atom. The van der Waals surface area contributed by atoms with Gasteiger partial charge in [-0.25, -0.2) is 4.79 Å². The Bertz CT molecular complexity index is 601. The van der Waals surface area contributed by atoms with Crippen LogP contribution in [0, 0.1) is 0 Å². The fraction of sp³-hybridized carbons (Fsp3) is 0.375. The van der Waals surface area contributed by atoms with Crippen molar-refractivity contribution < 1.29 is 9.53 Å². The zero-order valence-corrected chi connectivity index (χ0v) is 11.4. The second kappa shape index (κ2) is 5.90. The minimum absolute atomic E-state index is 0.211. The molecule has 0 saturated carbocycles. The van der Waals surface area contributed by atoms with Gasteiger partial charge in [-0.1, -0.05) is 24.3 Å². The predicted octanol–water partition coefficient (Wildman–Crippen LogP) is 3.36. The van der Waals surface area contributed by atoms with E-state index < -0.39 is 0 Å². The summed E-state index contributed by atoms with van der Waals surface area (Å²) in [7, 11) is 0. The van der Waals surface area contributed by atoms with Gasteiger partial charge in [0.15, 0.2) is 0 Å². The number of benzene rings is 1. The lowest BCUT2D eigenvalue weighted by Crippen LogP contribution is -2.35. The van der Waals surface area contributed by atoms with E-state index in [-0.39, 0.29) is 12.7 Å². The van der Waals surface area contributed by atoms with Crippen LogP contribution < -0.4 is 0 Å². The molecule has 0 unspecified atom stereocenters. The van der Waals surface area contributed by atoms with E-state index >= 15 is 0 Å². The van der Waals surface area contributed by atoms with Gasteiger partial charge in [-0.05, 0) is 25.3 Å². The highest BCUT2D eigenvalue weighted by Gasteiger charge is 2.17. The molecule has 1 aliphatic rings. The lowest BCUT2D eigenvalue weighted by Gasteiger charge is -2.25. The van der Waals surface area contributed by atoms with Crippen molar-refractivity contribution >= 4 is 17.0 Å². The van der Waals surface area contributed by atoms with Crippen LogP contribution in [0.25, 0.3) is 10.9 Å². The molecular formula is C16H18N2O2. The van der Waals surface area contributed by atoms with Gasteiger partial charge in [-0.15, -0.1) is 0 Å². The lowest BCUT2D eigenvalue weighted by molar-refractivity contribution is 0.0897. The summed E-state index contributed by atoms with van der Waals surface area (Å²) in [6, 6.07) is 9.86. The molecule has 1 aromatic carbocycles. The number of carbonyl (C=O) groups is 1. The zero-order valence-electron chi connectivity index (χ0n) is 11.4. The monoisotopic (exact) mass is 270 g/mol. The van der Waals surface area contributed by atoms with E-state index in [4.69, 9.17) is 4.74 Å². The van der Waals surface area contributed by atoms with Gasteiger partial charge in [0.2, 0.25) is 0 Å². The highest BCUT2D eigenvalue weighted by Crippen LogP contribution is 2.17. The Labute approximate surface area is 118 Å². The van der Waals surface area contributed by atoms with E-state index in [1.54, 1.807) is 11.1 Å². The Morgan fingerprint density at radius 3 is 2.80 bits per heavy atom. The number of hydrogen-bond donors (Lipinski definition) is 0. The molecule has 0 atom stereocenters. The number of aromatic nitrogens is 1. The SMILES string of the molecule is O=C(OCc1cccc2cccnc12)N1CCCCC1. The summed E-state index contributed by atoms with van der Waals surface area (Å²) in [5.41, 5.74) is 1.86. The molecule has 0 aliphatic carbocycles. The number of rotatable bonds is 2. The van der Waals surface area contributed by atoms with E-state index in [0.29, 0.717) is 0 Å². The first-order valence-corrected chi connectivity index (χ1v) is 7.09. The van der Waals surface area contributed by atoms with Crippen molar-refractivity contribution in [3.63, 3.8) is 0 Å². The zero-order chi connectivity index (χ0) is 13.8. The fourth-order valence-corrected chi connectivity index (χ4v) is 2.59. The molecule has 1 amide bonds. The van der Waals surface area contributed by atoms with Crippen LogP contribution >= 0.6 is 0 Å². The second-order valence-electron chi connectivity index (χ2n) is 5.09. The van der Waals surface area contributed by atoms with Crippen LogP contribution in [0.3, 0.4) is 0 Å². The van der Waals surface area contributed by atoms with Crippen molar-refractivity contribution in [2.24, 2.45) is 0 Å². The minimum atomic E-state index is -0.211. The summed E-state index contributed by atoms with van der Waals surface area (Å²) in [6.45, 7) is 1.91. The third kappa shape index (κ3) is 2.74. The summed E-state index contributed by atoms with van der Waals surface area (Å²) in [6.07, 6.45) is 4.91. The van der Waals surface area contributed by atoms with Crippen molar-refractivity contribution in [1.82, 2.24) is 9.88 Å². The molecule has 3 rings (SSSR count). The largest absolute Gasteiger partial charge is 0.444 e. The average molecular weight is 270 g/mol. The molecule has 1 aliphatic heterocycles. The minimum Gasteiger partial charge on any atom is -0.444 e. The van der Waals surface area contributed by atoms with Gasteiger partial charge in [-0.2, -0.15) is 0 Å². The number of nitrogens with zero attached hydrogens (tertiary/aromatic N) is 2. The third-order valence-electron chi connectivity index (χ3n) is 3.68. The van der Waals surface area contributed by atoms with Crippen LogP contribution in [0.15, 0.2) is 36.5 Å². The Balaban J connectivity index is 1.69. The topological polar surface area (TPSA) is 42.4 Å². The Morgan fingerprint density at radius 2 is 1.95 bits per heavy atom. The molecule has 1 aromatic heterocycles. The molecule has 0 spiro atoms. The normalized spacial score (nSPS) is 15.3. The first kappa shape index (κ1) is 12.9. The molecule has 4 nitrogen and oxygen atoms in total. The van der Waals surface area contributed by atoms with Crippen molar-refractivity contribution in [3.8, 4) is 0 Å². The number of amides is 1. The number of ether oxygens (including phenoxy) is 1. The third-order valence-corrected chi connectivity index (χ3v) is 3.68. The van der Waals surface area contributed by atoms with Gasteiger partial charge in [0.1, 0.15) is 6.61 Å². The Hall–Kier alpha value is -2.10. The van der Waals surface area contributed by atoms with Crippen LogP contribution in [0.5, 0.6) is 0 Å². The fourth-order valence-electron chi connectivity index (χ4n) is 2.59. The number of hydrogen-bond acceptors (Lipinski definition) is 3. The maximum Gasteiger partial charge on any atom is 0.410 e. The van der Waals surface area contributed by atoms with E-state index in [2.05, 4.69) is 4.98 Å². The van der Waals surface area contributed by atoms with Gasteiger partial charge >= 0.3 is 6.09 Å². The predicted molar refractivity (Wildman–Crippen MR) is 77.4 cm³/mol. The number of piperidine rings is 1. The van der Waals surface area contributed by atoms with Crippen molar-refractivity contribution in [3.05, 3.63) is 42.1 Å². The average Bonchev–Trinajstić information content (AvgIpc) is 2.53. The van der Waals surface area contributed by atoms with Crippen LogP contribution in [0.4, 0.5) is 4.79 Å². The molecule has 20 heavy (non-hydrogen) atoms. The first-order chi connectivity index (χ1) is 9.84. The Kier molecular flexibility index (Phi) is 3.81. The summed E-state index contributed by atoms with van der Waals surface area (Å²) in [5, 5.41) is 1.07. The molecule has 104 valence electrons. The molecule has 2 heterocycles. The summed E-state index contributed by atoms with van der Waals surface area (Å²) >= 11 is 0. The highest BCUT2D eigenvalue weighted by molar-refractivity contribution is 5.81. The smallest absolute Gasteiger partial charge is 0.410 e. The maximum atomic E-state index is 12.0. The molecule has 0 radical (unpaired) electrons. The van der Waals surface area contributed by atoms with Gasteiger partial charge < -0.3 is 9.64 Å². The van der Waals surface area contributed by atoms with E-state index in [9.17, 15) is 4.79 Å². The van der Waals surface area contributed by atoms with E-state index in [1.807, 2.05) is 30.3 Å². The summed E-state index contributed by atoms with van der Waals surface area (Å²) < 4.78 is 5.42. The maximum absolute atomic E-state index is 12.0. The molecule has 1 saturated heterocycles. The summed E-state index contributed by atoms with van der Waals surface area (Å²) in [4.78, 5) is 18.2. The second-order valence-corrected chi connectivity index (χ2v) is 5.09. The molecule has 1 fully saturated rings. The van der Waals surface area contributed by atoms with Crippen molar-refractivity contribution in [2.75, 3.05) is 13.1 Å². The van der Waals surface area contributed by atoms with Crippen molar-refractivity contribution in [2.45, 2.75) is 25.9 Å². The van der Waals surface area contributed by atoms with Gasteiger partial charge in [0.25, 0.3) is 0 Å². The van der Waals surface area contributed by atoms with E-state index in [1.165, 1.54) is 6.42 Å². The number of fused-ring (bicyclic) bond motifs is 1. The van der Waals surface area contributed by atoms with E-state index in [0.717, 1.165) is 42.4 Å². The van der Waals surface area contributed by atoms with Gasteiger partial charge in [0, 0.05) is 30.2 Å². The molecule has 0 bridgehead atoms. The number of carbonyl (C=O) groups excluding carboxylic acids is 1. The van der Waals surface area contributed by atoms with Gasteiger partial charge in [0.05, 0.1) is 5.52 Å².